The van der Waals surface area contributed by atoms with Crippen LogP contribution in [0.25, 0.3) is 0 Å². The molecule has 0 radical (unpaired) electrons. The average molecular weight is 269 g/mol. The Kier molecular flexibility index (Phi) is 13.6. The molecular formula is C10H32O2Si3. The van der Waals surface area contributed by atoms with Crippen molar-refractivity contribution in [2.45, 2.75) is 54.1 Å². The summed E-state index contributed by atoms with van der Waals surface area (Å²) >= 11 is 0. The third kappa shape index (κ3) is 17.2. The summed E-state index contributed by atoms with van der Waals surface area (Å²) in [5, 5.41) is 0. The zero-order valence-electron chi connectivity index (χ0n) is 9.89. The fourth-order valence-corrected chi connectivity index (χ4v) is 6.66. The predicted molar refractivity (Wildman–Crippen MR) is 80.6 cm³/mol. The molecule has 0 heterocycles. The van der Waals surface area contributed by atoms with Gasteiger partial charge in [0.15, 0.2) is 17.4 Å². The van der Waals surface area contributed by atoms with Crippen molar-refractivity contribution >= 4 is 26.2 Å². The summed E-state index contributed by atoms with van der Waals surface area (Å²) in [4.78, 5) is 0. The largest absolute Gasteiger partial charge is 0.422 e. The van der Waals surface area contributed by atoms with E-state index in [1.54, 1.807) is 0 Å². The zero-order valence-corrected chi connectivity index (χ0v) is 13.2. The molecule has 1 unspecified atom stereocenters. The second-order valence-corrected chi connectivity index (χ2v) is 14.9. The highest BCUT2D eigenvalue weighted by Gasteiger charge is 2.16. The molecule has 0 aromatic rings. The number of hydrogen-bond donors (Lipinski definition) is 0. The first-order chi connectivity index (χ1) is 5.81. The van der Waals surface area contributed by atoms with E-state index >= 15 is 0 Å². The van der Waals surface area contributed by atoms with Crippen LogP contribution in [0.1, 0.15) is 14.9 Å². The van der Waals surface area contributed by atoms with Crippen molar-refractivity contribution in [3.8, 4) is 0 Å². The standard InChI is InChI=1S/C8H24O2Si3.2CH4/c1-11(2)7-9-12(3)8-10-13(4,5)6;;/h11-12H,7-8H2,1-6H3;2*1H4. The molecule has 1 atom stereocenters. The minimum atomic E-state index is -1.31. The molecule has 2 nitrogen and oxygen atoms in total. The van der Waals surface area contributed by atoms with E-state index in [0.29, 0.717) is 0 Å². The first kappa shape index (κ1) is 20.9. The fourth-order valence-electron chi connectivity index (χ4n) is 0.772. The van der Waals surface area contributed by atoms with Crippen LogP contribution in [0.15, 0.2) is 0 Å². The first-order valence-corrected chi connectivity index (χ1v) is 14.0. The van der Waals surface area contributed by atoms with Crippen LogP contribution >= 0.6 is 0 Å². The Balaban J connectivity index is -0.000000720. The van der Waals surface area contributed by atoms with Crippen molar-refractivity contribution in [2.24, 2.45) is 0 Å². The van der Waals surface area contributed by atoms with E-state index in [0.717, 1.165) is 12.5 Å². The van der Waals surface area contributed by atoms with Crippen molar-refractivity contribution in [1.29, 1.82) is 0 Å². The summed E-state index contributed by atoms with van der Waals surface area (Å²) in [6.45, 7) is 13.6. The molecule has 0 saturated heterocycles. The van der Waals surface area contributed by atoms with E-state index < -0.39 is 26.2 Å². The maximum Gasteiger partial charge on any atom is 0.197 e. The molecule has 0 amide bonds. The monoisotopic (exact) mass is 268 g/mol. The van der Waals surface area contributed by atoms with Crippen molar-refractivity contribution < 1.29 is 8.85 Å². The van der Waals surface area contributed by atoms with Gasteiger partial charge in [0.05, 0.1) is 8.80 Å². The van der Waals surface area contributed by atoms with Gasteiger partial charge >= 0.3 is 0 Å². The van der Waals surface area contributed by atoms with Crippen LogP contribution in [-0.4, -0.2) is 38.6 Å². The molecule has 15 heavy (non-hydrogen) atoms. The smallest absolute Gasteiger partial charge is 0.197 e. The molecule has 0 bridgehead atoms. The number of hydrogen-bond acceptors (Lipinski definition) is 2. The average Bonchev–Trinajstić information content (AvgIpc) is 1.95. The lowest BCUT2D eigenvalue weighted by Crippen LogP contribution is -2.34. The molecule has 0 aliphatic carbocycles. The maximum absolute atomic E-state index is 5.81. The third-order valence-electron chi connectivity index (χ3n) is 1.47. The van der Waals surface area contributed by atoms with Gasteiger partial charge < -0.3 is 8.85 Å². The second-order valence-electron chi connectivity index (χ2n) is 4.96. The maximum atomic E-state index is 5.81. The summed E-state index contributed by atoms with van der Waals surface area (Å²) < 4.78 is 11.6. The van der Waals surface area contributed by atoms with Crippen LogP contribution in [0.5, 0.6) is 0 Å². The highest BCUT2D eigenvalue weighted by molar-refractivity contribution is 6.70. The topological polar surface area (TPSA) is 18.5 Å². The minimum Gasteiger partial charge on any atom is -0.422 e. The van der Waals surface area contributed by atoms with Crippen LogP contribution in [0.2, 0.25) is 39.3 Å². The summed E-state index contributed by atoms with van der Waals surface area (Å²) in [6.07, 6.45) is 1.93. The SMILES string of the molecule is C.C.C[SiH](C)CO[SiH](C)CO[Si](C)(C)C. The van der Waals surface area contributed by atoms with Crippen molar-refractivity contribution in [1.82, 2.24) is 0 Å². The van der Waals surface area contributed by atoms with Gasteiger partial charge in [0.2, 0.25) is 0 Å². The van der Waals surface area contributed by atoms with Crippen LogP contribution in [0.4, 0.5) is 0 Å². The Morgan fingerprint density at radius 3 is 1.73 bits per heavy atom. The molecule has 96 valence electrons. The minimum absolute atomic E-state index is 0. The van der Waals surface area contributed by atoms with E-state index in [-0.39, 0.29) is 14.9 Å². The fraction of sp³-hybridized carbons (Fsp3) is 1.00. The van der Waals surface area contributed by atoms with Crippen molar-refractivity contribution in [3.05, 3.63) is 0 Å². The molecule has 5 heteroatoms. The van der Waals surface area contributed by atoms with Gasteiger partial charge in [-0.3, -0.25) is 0 Å². The Hall–Kier alpha value is 0.571. The lowest BCUT2D eigenvalue weighted by molar-refractivity contribution is 0.318. The summed E-state index contributed by atoms with van der Waals surface area (Å²) in [5.41, 5.74) is 0. The Labute approximate surface area is 102 Å². The molecular weight excluding hydrogens is 236 g/mol. The zero-order chi connectivity index (χ0) is 10.5. The van der Waals surface area contributed by atoms with Crippen molar-refractivity contribution in [2.75, 3.05) is 12.5 Å². The lowest BCUT2D eigenvalue weighted by Gasteiger charge is -2.20. The van der Waals surface area contributed by atoms with Gasteiger partial charge in [0.25, 0.3) is 0 Å². The summed E-state index contributed by atoms with van der Waals surface area (Å²) in [7, 11) is -2.85. The van der Waals surface area contributed by atoms with E-state index in [2.05, 4.69) is 39.3 Å². The van der Waals surface area contributed by atoms with Crippen LogP contribution in [0, 0.1) is 0 Å². The summed E-state index contributed by atoms with van der Waals surface area (Å²) in [6, 6.07) is 0. The molecule has 0 N–H and O–H groups in total. The highest BCUT2D eigenvalue weighted by Crippen LogP contribution is 2.03. The Morgan fingerprint density at radius 2 is 1.40 bits per heavy atom. The first-order valence-electron chi connectivity index (χ1n) is 5.07. The molecule has 0 saturated carbocycles. The molecule has 0 aliphatic rings. The van der Waals surface area contributed by atoms with Crippen LogP contribution < -0.4 is 0 Å². The quantitative estimate of drug-likeness (QED) is 0.690. The van der Waals surface area contributed by atoms with Gasteiger partial charge in [-0.1, -0.05) is 27.9 Å². The molecule has 0 rings (SSSR count). The normalized spacial score (nSPS) is 13.0. The van der Waals surface area contributed by atoms with Gasteiger partial charge in [0, 0.05) is 12.5 Å². The molecule has 0 aromatic carbocycles. The van der Waals surface area contributed by atoms with E-state index in [1.165, 1.54) is 0 Å². The summed E-state index contributed by atoms with van der Waals surface area (Å²) in [5.74, 6) is 0. The van der Waals surface area contributed by atoms with E-state index in [1.807, 2.05) is 0 Å². The van der Waals surface area contributed by atoms with Crippen LogP contribution in [-0.2, 0) is 8.85 Å². The van der Waals surface area contributed by atoms with E-state index in [9.17, 15) is 0 Å². The Bertz CT molecular complexity index is 135. The lowest BCUT2D eigenvalue weighted by atomic mass is 11.7. The molecule has 0 spiro atoms. The third-order valence-corrected chi connectivity index (χ3v) is 5.47. The molecule has 0 fully saturated rings. The number of rotatable bonds is 6. The van der Waals surface area contributed by atoms with Gasteiger partial charge in [0.1, 0.15) is 0 Å². The van der Waals surface area contributed by atoms with Crippen molar-refractivity contribution in [3.63, 3.8) is 0 Å². The van der Waals surface area contributed by atoms with E-state index in [4.69, 9.17) is 8.85 Å². The molecule has 0 aliphatic heterocycles. The van der Waals surface area contributed by atoms with Gasteiger partial charge in [-0.2, -0.15) is 0 Å². The Morgan fingerprint density at radius 1 is 0.933 bits per heavy atom. The van der Waals surface area contributed by atoms with Crippen LogP contribution in [0.3, 0.4) is 0 Å². The predicted octanol–water partition coefficient (Wildman–Crippen LogP) is 3.05. The van der Waals surface area contributed by atoms with Gasteiger partial charge in [-0.15, -0.1) is 0 Å². The van der Waals surface area contributed by atoms with Gasteiger partial charge in [-0.25, -0.2) is 0 Å². The van der Waals surface area contributed by atoms with Gasteiger partial charge in [-0.05, 0) is 26.2 Å². The second kappa shape index (κ2) is 9.77. The highest BCUT2D eigenvalue weighted by atomic mass is 28.4. The molecule has 0 aromatic heterocycles.